The molecule has 0 aliphatic carbocycles. The van der Waals surface area contributed by atoms with E-state index in [9.17, 15) is 5.11 Å². The molecule has 0 saturated carbocycles. The van der Waals surface area contributed by atoms with Crippen LogP contribution in [0.5, 0.6) is 5.75 Å². The second-order valence-electron chi connectivity index (χ2n) is 4.88. The quantitative estimate of drug-likeness (QED) is 0.772. The zero-order valence-electron chi connectivity index (χ0n) is 12.2. The van der Waals surface area contributed by atoms with E-state index in [2.05, 4.69) is 0 Å². The molecular formula is C17H21NO2S. The molecule has 112 valence electrons. The van der Waals surface area contributed by atoms with Crippen LogP contribution in [-0.2, 0) is 5.60 Å². The molecule has 0 aliphatic heterocycles. The van der Waals surface area contributed by atoms with Crippen LogP contribution in [0.2, 0.25) is 0 Å². The van der Waals surface area contributed by atoms with Crippen molar-refractivity contribution < 1.29 is 9.84 Å². The average molecular weight is 303 g/mol. The fourth-order valence-electron chi connectivity index (χ4n) is 2.12. The Morgan fingerprint density at radius 2 is 1.76 bits per heavy atom. The number of nitrogens with two attached hydrogens (primary N) is 1. The minimum atomic E-state index is -0.958. The van der Waals surface area contributed by atoms with Crippen LogP contribution in [0.25, 0.3) is 0 Å². The van der Waals surface area contributed by atoms with Gasteiger partial charge >= 0.3 is 0 Å². The Morgan fingerprint density at radius 1 is 1.10 bits per heavy atom. The van der Waals surface area contributed by atoms with Gasteiger partial charge in [0.1, 0.15) is 11.4 Å². The monoisotopic (exact) mass is 303 g/mol. The molecule has 21 heavy (non-hydrogen) atoms. The summed E-state index contributed by atoms with van der Waals surface area (Å²) in [4.78, 5) is 1.16. The molecule has 0 radical (unpaired) electrons. The van der Waals surface area contributed by atoms with E-state index >= 15 is 0 Å². The molecule has 2 aromatic rings. The van der Waals surface area contributed by atoms with Crippen molar-refractivity contribution in [2.24, 2.45) is 5.73 Å². The third-order valence-electron chi connectivity index (χ3n) is 3.49. The summed E-state index contributed by atoms with van der Waals surface area (Å²) in [6, 6.07) is 17.5. The van der Waals surface area contributed by atoms with Gasteiger partial charge in [-0.2, -0.15) is 0 Å². The summed E-state index contributed by atoms with van der Waals surface area (Å²) in [5.41, 5.74) is 5.70. The highest BCUT2D eigenvalue weighted by Crippen LogP contribution is 2.28. The maximum absolute atomic E-state index is 10.7. The standard InChI is InChI=1S/C17H21NO2S/c1-20-15-7-9-16(10-8-15)21-12-11-17(19,13-18)14-5-3-2-4-6-14/h2-10,19H,11-13,18H2,1H3. The van der Waals surface area contributed by atoms with Crippen LogP contribution in [0.4, 0.5) is 0 Å². The first-order chi connectivity index (χ1) is 10.2. The van der Waals surface area contributed by atoms with Crippen LogP contribution in [0.1, 0.15) is 12.0 Å². The van der Waals surface area contributed by atoms with Gasteiger partial charge in [0.05, 0.1) is 7.11 Å². The van der Waals surface area contributed by atoms with Crippen molar-refractivity contribution in [3.63, 3.8) is 0 Å². The van der Waals surface area contributed by atoms with Gasteiger partial charge in [0.25, 0.3) is 0 Å². The lowest BCUT2D eigenvalue weighted by Gasteiger charge is -2.27. The molecule has 2 rings (SSSR count). The summed E-state index contributed by atoms with van der Waals surface area (Å²) in [7, 11) is 1.66. The maximum Gasteiger partial charge on any atom is 0.118 e. The summed E-state index contributed by atoms with van der Waals surface area (Å²) in [5, 5.41) is 10.7. The molecule has 3 N–H and O–H groups in total. The van der Waals surface area contributed by atoms with Gasteiger partial charge in [-0.1, -0.05) is 30.3 Å². The molecule has 4 heteroatoms. The molecule has 1 unspecified atom stereocenters. The molecule has 0 saturated heterocycles. The van der Waals surface area contributed by atoms with E-state index in [1.807, 2.05) is 54.6 Å². The highest BCUT2D eigenvalue weighted by molar-refractivity contribution is 7.99. The molecule has 2 aromatic carbocycles. The van der Waals surface area contributed by atoms with E-state index in [4.69, 9.17) is 10.5 Å². The first-order valence-electron chi connectivity index (χ1n) is 6.93. The van der Waals surface area contributed by atoms with Crippen molar-refractivity contribution >= 4 is 11.8 Å². The molecular weight excluding hydrogens is 282 g/mol. The van der Waals surface area contributed by atoms with Gasteiger partial charge in [-0.05, 0) is 36.2 Å². The number of methoxy groups -OCH3 is 1. The topological polar surface area (TPSA) is 55.5 Å². The molecule has 0 aliphatic rings. The van der Waals surface area contributed by atoms with Crippen LogP contribution < -0.4 is 10.5 Å². The third kappa shape index (κ3) is 4.24. The van der Waals surface area contributed by atoms with E-state index in [-0.39, 0.29) is 6.54 Å². The Kier molecular flexibility index (Phi) is 5.67. The van der Waals surface area contributed by atoms with Gasteiger partial charge in [0, 0.05) is 17.2 Å². The number of aliphatic hydroxyl groups is 1. The van der Waals surface area contributed by atoms with Crippen molar-refractivity contribution in [3.8, 4) is 5.75 Å². The third-order valence-corrected chi connectivity index (χ3v) is 4.51. The molecule has 0 amide bonds. The van der Waals surface area contributed by atoms with Crippen LogP contribution in [0, 0.1) is 0 Å². The largest absolute Gasteiger partial charge is 0.497 e. The fourth-order valence-corrected chi connectivity index (χ4v) is 3.13. The van der Waals surface area contributed by atoms with E-state index in [1.54, 1.807) is 18.9 Å². The van der Waals surface area contributed by atoms with Crippen LogP contribution in [0.15, 0.2) is 59.5 Å². The second-order valence-corrected chi connectivity index (χ2v) is 6.04. The van der Waals surface area contributed by atoms with Crippen molar-refractivity contribution in [1.82, 2.24) is 0 Å². The number of ether oxygens (including phenoxy) is 1. The smallest absolute Gasteiger partial charge is 0.118 e. The first kappa shape index (κ1) is 15.9. The Bertz CT molecular complexity index is 544. The lowest BCUT2D eigenvalue weighted by atomic mass is 9.91. The molecule has 0 heterocycles. The Balaban J connectivity index is 1.94. The summed E-state index contributed by atoms with van der Waals surface area (Å²) in [6.07, 6.45) is 0.615. The van der Waals surface area contributed by atoms with E-state index in [1.165, 1.54) is 0 Å². The normalized spacial score (nSPS) is 13.7. The molecule has 0 spiro atoms. The van der Waals surface area contributed by atoms with Gasteiger partial charge in [-0.15, -0.1) is 11.8 Å². The highest BCUT2D eigenvalue weighted by atomic mass is 32.2. The van der Waals surface area contributed by atoms with Crippen molar-refractivity contribution in [3.05, 3.63) is 60.2 Å². The minimum Gasteiger partial charge on any atom is -0.497 e. The summed E-state index contributed by atoms with van der Waals surface area (Å²) in [5.74, 6) is 1.65. The maximum atomic E-state index is 10.7. The molecule has 0 bridgehead atoms. The number of hydrogen-bond donors (Lipinski definition) is 2. The molecule has 0 fully saturated rings. The minimum absolute atomic E-state index is 0.222. The zero-order valence-corrected chi connectivity index (χ0v) is 13.0. The Morgan fingerprint density at radius 3 is 2.33 bits per heavy atom. The number of benzene rings is 2. The fraction of sp³-hybridized carbons (Fsp3) is 0.294. The number of thioether (sulfide) groups is 1. The van der Waals surface area contributed by atoms with Gasteiger partial charge in [0.2, 0.25) is 0 Å². The Hall–Kier alpha value is -1.49. The number of rotatable bonds is 7. The molecule has 0 aromatic heterocycles. The summed E-state index contributed by atoms with van der Waals surface area (Å²) >= 11 is 1.71. The van der Waals surface area contributed by atoms with Gasteiger partial charge < -0.3 is 15.6 Å². The SMILES string of the molecule is COc1ccc(SCCC(O)(CN)c2ccccc2)cc1. The van der Waals surface area contributed by atoms with Crippen molar-refractivity contribution in [2.75, 3.05) is 19.4 Å². The Labute approximate surface area is 130 Å². The van der Waals surface area contributed by atoms with E-state index in [0.29, 0.717) is 6.42 Å². The van der Waals surface area contributed by atoms with Crippen molar-refractivity contribution in [1.29, 1.82) is 0 Å². The van der Waals surface area contributed by atoms with Crippen LogP contribution in [0.3, 0.4) is 0 Å². The van der Waals surface area contributed by atoms with Crippen LogP contribution >= 0.6 is 11.8 Å². The lowest BCUT2D eigenvalue weighted by Crippen LogP contribution is -2.35. The predicted octanol–water partition coefficient (Wildman–Crippen LogP) is 3.02. The van der Waals surface area contributed by atoms with E-state index < -0.39 is 5.60 Å². The summed E-state index contributed by atoms with van der Waals surface area (Å²) < 4.78 is 5.14. The predicted molar refractivity (Wildman–Crippen MR) is 87.7 cm³/mol. The van der Waals surface area contributed by atoms with Gasteiger partial charge in [-0.3, -0.25) is 0 Å². The van der Waals surface area contributed by atoms with E-state index in [0.717, 1.165) is 22.0 Å². The molecule has 1 atom stereocenters. The number of hydrogen-bond acceptors (Lipinski definition) is 4. The zero-order chi connectivity index (χ0) is 15.1. The van der Waals surface area contributed by atoms with Crippen molar-refractivity contribution in [2.45, 2.75) is 16.9 Å². The lowest BCUT2D eigenvalue weighted by molar-refractivity contribution is 0.0431. The molecule has 3 nitrogen and oxygen atoms in total. The van der Waals surface area contributed by atoms with Gasteiger partial charge in [-0.25, -0.2) is 0 Å². The summed E-state index contributed by atoms with van der Waals surface area (Å²) in [6.45, 7) is 0.222. The first-order valence-corrected chi connectivity index (χ1v) is 7.91. The van der Waals surface area contributed by atoms with Crippen LogP contribution in [-0.4, -0.2) is 24.5 Å². The second kappa shape index (κ2) is 7.50. The highest BCUT2D eigenvalue weighted by Gasteiger charge is 2.26. The van der Waals surface area contributed by atoms with Gasteiger partial charge in [0.15, 0.2) is 0 Å². The average Bonchev–Trinajstić information content (AvgIpc) is 2.56.